The third-order valence-electron chi connectivity index (χ3n) is 2.72. The summed E-state index contributed by atoms with van der Waals surface area (Å²) in [6.07, 6.45) is 0.368. The molecule has 0 aliphatic rings. The van der Waals surface area contributed by atoms with Gasteiger partial charge in [-0.25, -0.2) is 0 Å². The Morgan fingerprint density at radius 1 is 1.19 bits per heavy atom. The first-order chi connectivity index (χ1) is 7.50. The lowest BCUT2D eigenvalue weighted by Gasteiger charge is -2.07. The minimum Gasteiger partial charge on any atom is -0.481 e. The molecule has 1 aromatic rings. The van der Waals surface area contributed by atoms with E-state index >= 15 is 0 Å². The zero-order chi connectivity index (χ0) is 12.1. The molecule has 0 spiro atoms. The van der Waals surface area contributed by atoms with Crippen molar-refractivity contribution >= 4 is 11.8 Å². The highest BCUT2D eigenvalue weighted by Gasteiger charge is 2.09. The van der Waals surface area contributed by atoms with Crippen LogP contribution in [-0.2, 0) is 16.0 Å². The molecule has 0 radical (unpaired) electrons. The van der Waals surface area contributed by atoms with E-state index in [9.17, 15) is 9.59 Å². The van der Waals surface area contributed by atoms with Gasteiger partial charge >= 0.3 is 5.97 Å². The summed E-state index contributed by atoms with van der Waals surface area (Å²) in [5.41, 5.74) is 3.27. The summed E-state index contributed by atoms with van der Waals surface area (Å²) in [6.45, 7) is 3.98. The number of carbonyl (C=O) groups excluding carboxylic acids is 1. The normalized spacial score (nSPS) is 10.1. The van der Waals surface area contributed by atoms with E-state index in [0.29, 0.717) is 6.42 Å². The molecule has 0 amide bonds. The van der Waals surface area contributed by atoms with Crippen LogP contribution in [-0.4, -0.2) is 16.9 Å². The highest BCUT2D eigenvalue weighted by molar-refractivity contribution is 5.84. The molecule has 0 heterocycles. The number of carboxylic acids is 1. The minimum atomic E-state index is -0.922. The fraction of sp³-hybridized carbons (Fsp3) is 0.385. The maximum Gasteiger partial charge on any atom is 0.303 e. The molecule has 3 heteroatoms. The zero-order valence-corrected chi connectivity index (χ0v) is 9.62. The number of ketones is 1. The van der Waals surface area contributed by atoms with Crippen molar-refractivity contribution in [1.82, 2.24) is 0 Å². The molecule has 0 fully saturated rings. The molecular weight excluding hydrogens is 204 g/mol. The smallest absolute Gasteiger partial charge is 0.303 e. The first-order valence-electron chi connectivity index (χ1n) is 5.29. The van der Waals surface area contributed by atoms with Crippen LogP contribution >= 0.6 is 0 Å². The Labute approximate surface area is 95.1 Å². The van der Waals surface area contributed by atoms with Crippen molar-refractivity contribution in [2.45, 2.75) is 33.1 Å². The Balaban J connectivity index is 2.63. The predicted octanol–water partition coefficient (Wildman–Crippen LogP) is 2.28. The summed E-state index contributed by atoms with van der Waals surface area (Å²) in [6, 6.07) is 5.84. The average molecular weight is 220 g/mol. The summed E-state index contributed by atoms with van der Waals surface area (Å²) < 4.78 is 0. The molecule has 0 bridgehead atoms. The van der Waals surface area contributed by atoms with Crippen molar-refractivity contribution < 1.29 is 14.7 Å². The predicted molar refractivity (Wildman–Crippen MR) is 61.5 cm³/mol. The summed E-state index contributed by atoms with van der Waals surface area (Å²) in [5, 5.41) is 8.47. The minimum absolute atomic E-state index is 0.0175. The molecular formula is C13H16O3. The lowest BCUT2D eigenvalue weighted by atomic mass is 9.98. The average Bonchev–Trinajstić information content (AvgIpc) is 2.22. The lowest BCUT2D eigenvalue weighted by Crippen LogP contribution is -2.07. The molecule has 0 atom stereocenters. The Morgan fingerprint density at radius 2 is 1.88 bits per heavy atom. The summed E-state index contributed by atoms with van der Waals surface area (Å²) >= 11 is 0. The highest BCUT2D eigenvalue weighted by Crippen LogP contribution is 2.14. The quantitative estimate of drug-likeness (QED) is 0.828. The Morgan fingerprint density at radius 3 is 2.50 bits per heavy atom. The van der Waals surface area contributed by atoms with Gasteiger partial charge < -0.3 is 5.11 Å². The second kappa shape index (κ2) is 5.45. The van der Waals surface area contributed by atoms with Crippen LogP contribution < -0.4 is 0 Å². The summed E-state index contributed by atoms with van der Waals surface area (Å²) in [7, 11) is 0. The van der Waals surface area contributed by atoms with Gasteiger partial charge in [0.1, 0.15) is 5.78 Å². The number of benzene rings is 1. The first-order valence-corrected chi connectivity index (χ1v) is 5.29. The van der Waals surface area contributed by atoms with Gasteiger partial charge in [-0.1, -0.05) is 18.2 Å². The molecule has 0 aliphatic heterocycles. The van der Waals surface area contributed by atoms with E-state index in [0.717, 1.165) is 16.7 Å². The molecule has 1 aromatic carbocycles. The van der Waals surface area contributed by atoms with Gasteiger partial charge in [-0.05, 0) is 30.5 Å². The molecule has 86 valence electrons. The Kier molecular flexibility index (Phi) is 4.23. The van der Waals surface area contributed by atoms with Gasteiger partial charge in [0, 0.05) is 12.8 Å². The number of Topliss-reactive ketones (excluding diaryl/α,β-unsaturated/α-hetero) is 1. The number of hydrogen-bond donors (Lipinski definition) is 1. The topological polar surface area (TPSA) is 54.4 Å². The Bertz CT molecular complexity index is 408. The van der Waals surface area contributed by atoms with Crippen molar-refractivity contribution in [1.29, 1.82) is 0 Å². The Hall–Kier alpha value is -1.64. The van der Waals surface area contributed by atoms with E-state index in [2.05, 4.69) is 0 Å². The number of aryl methyl sites for hydroxylation is 1. The molecule has 0 saturated heterocycles. The zero-order valence-electron chi connectivity index (χ0n) is 9.62. The largest absolute Gasteiger partial charge is 0.481 e. The molecule has 1 N–H and O–H groups in total. The van der Waals surface area contributed by atoms with E-state index in [4.69, 9.17) is 5.11 Å². The molecule has 3 nitrogen and oxygen atoms in total. The van der Waals surface area contributed by atoms with Crippen LogP contribution in [0.1, 0.15) is 29.5 Å². The fourth-order valence-electron chi connectivity index (χ4n) is 1.55. The maximum absolute atomic E-state index is 11.5. The number of carboxylic acid groups (broad SMARTS) is 1. The van der Waals surface area contributed by atoms with E-state index < -0.39 is 5.97 Å². The standard InChI is InChI=1S/C13H16O3/c1-9-4-3-5-11(10(9)2)8-12(14)6-7-13(15)16/h3-5H,6-8H2,1-2H3,(H,15,16). The first kappa shape index (κ1) is 12.4. The van der Waals surface area contributed by atoms with Gasteiger partial charge in [-0.2, -0.15) is 0 Å². The van der Waals surface area contributed by atoms with Crippen LogP contribution in [0.15, 0.2) is 18.2 Å². The van der Waals surface area contributed by atoms with E-state index in [-0.39, 0.29) is 18.6 Å². The SMILES string of the molecule is Cc1cccc(CC(=O)CCC(=O)O)c1C. The number of aliphatic carboxylic acids is 1. The van der Waals surface area contributed by atoms with E-state index in [1.807, 2.05) is 32.0 Å². The van der Waals surface area contributed by atoms with Crippen LogP contribution in [0.3, 0.4) is 0 Å². The number of hydrogen-bond acceptors (Lipinski definition) is 2. The van der Waals surface area contributed by atoms with Crippen molar-refractivity contribution in [3.05, 3.63) is 34.9 Å². The second-order valence-corrected chi connectivity index (χ2v) is 3.97. The van der Waals surface area contributed by atoms with Crippen LogP contribution in [0.4, 0.5) is 0 Å². The number of carbonyl (C=O) groups is 2. The maximum atomic E-state index is 11.5. The third-order valence-corrected chi connectivity index (χ3v) is 2.72. The van der Waals surface area contributed by atoms with Gasteiger partial charge in [-0.15, -0.1) is 0 Å². The molecule has 0 aliphatic carbocycles. The van der Waals surface area contributed by atoms with Crippen molar-refractivity contribution in [3.8, 4) is 0 Å². The second-order valence-electron chi connectivity index (χ2n) is 3.97. The van der Waals surface area contributed by atoms with Gasteiger partial charge in [0.2, 0.25) is 0 Å². The molecule has 0 aromatic heterocycles. The molecule has 1 rings (SSSR count). The van der Waals surface area contributed by atoms with Crippen molar-refractivity contribution in [2.24, 2.45) is 0 Å². The van der Waals surface area contributed by atoms with Crippen LogP contribution in [0.25, 0.3) is 0 Å². The van der Waals surface area contributed by atoms with E-state index in [1.54, 1.807) is 0 Å². The lowest BCUT2D eigenvalue weighted by molar-refractivity contribution is -0.138. The third kappa shape index (κ3) is 3.50. The van der Waals surface area contributed by atoms with E-state index in [1.165, 1.54) is 0 Å². The van der Waals surface area contributed by atoms with Gasteiger partial charge in [0.15, 0.2) is 0 Å². The van der Waals surface area contributed by atoms with Crippen molar-refractivity contribution in [3.63, 3.8) is 0 Å². The summed E-state index contributed by atoms with van der Waals surface area (Å²) in [4.78, 5) is 21.8. The van der Waals surface area contributed by atoms with Gasteiger partial charge in [0.05, 0.1) is 6.42 Å². The molecule has 16 heavy (non-hydrogen) atoms. The van der Waals surface area contributed by atoms with Crippen molar-refractivity contribution in [2.75, 3.05) is 0 Å². The van der Waals surface area contributed by atoms with Crippen LogP contribution in [0, 0.1) is 13.8 Å². The van der Waals surface area contributed by atoms with Crippen LogP contribution in [0.2, 0.25) is 0 Å². The highest BCUT2D eigenvalue weighted by atomic mass is 16.4. The monoisotopic (exact) mass is 220 g/mol. The van der Waals surface area contributed by atoms with Crippen LogP contribution in [0.5, 0.6) is 0 Å². The van der Waals surface area contributed by atoms with Gasteiger partial charge in [-0.3, -0.25) is 9.59 Å². The molecule has 0 unspecified atom stereocenters. The fourth-order valence-corrected chi connectivity index (χ4v) is 1.55. The molecule has 0 saturated carbocycles. The van der Waals surface area contributed by atoms with Gasteiger partial charge in [0.25, 0.3) is 0 Å². The number of rotatable bonds is 5. The summed E-state index contributed by atoms with van der Waals surface area (Å²) in [5.74, 6) is -0.939.